The second-order valence-corrected chi connectivity index (χ2v) is 4.13. The van der Waals surface area contributed by atoms with Crippen LogP contribution in [0.15, 0.2) is 29.6 Å². The maximum Gasteiger partial charge on any atom is 0.245 e. The molecule has 1 aromatic heterocycles. The summed E-state index contributed by atoms with van der Waals surface area (Å²) < 4.78 is 0. The number of rotatable bonds is 2. The average Bonchev–Trinajstić information content (AvgIpc) is 2.66. The van der Waals surface area contributed by atoms with Crippen LogP contribution in [0, 0.1) is 0 Å². The zero-order valence-electron chi connectivity index (χ0n) is 9.92. The number of aliphatic hydroxyl groups is 1. The standard InChI is InChI=1S/C12H15N3O2/c1-3-11(16)15-12(17,7-9(2)14-15)10-5-4-6-13-8-10/h4-6,8,17H,3,7H2,1-2H3/t12-/m1/s1. The van der Waals surface area contributed by atoms with Crippen LogP contribution in [0.2, 0.25) is 0 Å². The van der Waals surface area contributed by atoms with Crippen LogP contribution in [-0.2, 0) is 10.5 Å². The lowest BCUT2D eigenvalue weighted by molar-refractivity contribution is -0.157. The molecule has 1 N–H and O–H groups in total. The Bertz CT molecular complexity index is 458. The fourth-order valence-corrected chi connectivity index (χ4v) is 1.96. The molecule has 0 bridgehead atoms. The smallest absolute Gasteiger partial charge is 0.245 e. The lowest BCUT2D eigenvalue weighted by Gasteiger charge is -2.30. The molecule has 0 aliphatic carbocycles. The maximum absolute atomic E-state index is 11.8. The van der Waals surface area contributed by atoms with Gasteiger partial charge in [-0.3, -0.25) is 9.78 Å². The van der Waals surface area contributed by atoms with E-state index in [-0.39, 0.29) is 5.91 Å². The third-order valence-corrected chi connectivity index (χ3v) is 2.79. The fourth-order valence-electron chi connectivity index (χ4n) is 1.96. The number of hydrazone groups is 1. The number of hydrogen-bond donors (Lipinski definition) is 1. The Morgan fingerprint density at radius 1 is 1.65 bits per heavy atom. The number of amides is 1. The molecule has 0 radical (unpaired) electrons. The predicted molar refractivity (Wildman–Crippen MR) is 63.0 cm³/mol. The van der Waals surface area contributed by atoms with E-state index in [1.807, 2.05) is 0 Å². The molecular formula is C12H15N3O2. The van der Waals surface area contributed by atoms with E-state index in [0.29, 0.717) is 18.4 Å². The Kier molecular flexibility index (Phi) is 2.93. The van der Waals surface area contributed by atoms with Gasteiger partial charge in [0.15, 0.2) is 5.72 Å². The summed E-state index contributed by atoms with van der Waals surface area (Å²) in [6, 6.07) is 3.48. The second kappa shape index (κ2) is 4.25. The predicted octanol–water partition coefficient (Wildman–Crippen LogP) is 1.24. The van der Waals surface area contributed by atoms with Crippen LogP contribution in [0.1, 0.15) is 32.3 Å². The van der Waals surface area contributed by atoms with Crippen molar-refractivity contribution in [3.63, 3.8) is 0 Å². The summed E-state index contributed by atoms with van der Waals surface area (Å²) in [5.74, 6) is -0.201. The number of carbonyl (C=O) groups is 1. The van der Waals surface area contributed by atoms with E-state index in [1.165, 1.54) is 5.01 Å². The number of pyridine rings is 1. The topological polar surface area (TPSA) is 65.8 Å². The van der Waals surface area contributed by atoms with Crippen molar-refractivity contribution in [2.75, 3.05) is 0 Å². The molecular weight excluding hydrogens is 218 g/mol. The quantitative estimate of drug-likeness (QED) is 0.835. The number of carbonyl (C=O) groups excluding carboxylic acids is 1. The molecule has 0 fully saturated rings. The molecule has 1 aliphatic heterocycles. The van der Waals surface area contributed by atoms with Crippen molar-refractivity contribution in [1.29, 1.82) is 0 Å². The van der Waals surface area contributed by atoms with Gasteiger partial charge < -0.3 is 5.11 Å². The molecule has 0 spiro atoms. The van der Waals surface area contributed by atoms with E-state index in [0.717, 1.165) is 5.71 Å². The van der Waals surface area contributed by atoms with E-state index in [4.69, 9.17) is 0 Å². The van der Waals surface area contributed by atoms with Crippen molar-refractivity contribution in [2.45, 2.75) is 32.4 Å². The molecule has 5 nitrogen and oxygen atoms in total. The molecule has 1 aliphatic rings. The van der Waals surface area contributed by atoms with Gasteiger partial charge in [-0.2, -0.15) is 10.1 Å². The van der Waals surface area contributed by atoms with Gasteiger partial charge in [0.2, 0.25) is 5.91 Å². The van der Waals surface area contributed by atoms with Crippen LogP contribution >= 0.6 is 0 Å². The minimum Gasteiger partial charge on any atom is -0.365 e. The maximum atomic E-state index is 11.8. The summed E-state index contributed by atoms with van der Waals surface area (Å²) in [7, 11) is 0. The Balaban J connectivity index is 2.40. The minimum atomic E-state index is -1.38. The van der Waals surface area contributed by atoms with Crippen molar-refractivity contribution >= 4 is 11.6 Å². The summed E-state index contributed by atoms with van der Waals surface area (Å²) >= 11 is 0. The van der Waals surface area contributed by atoms with Gasteiger partial charge in [-0.25, -0.2) is 0 Å². The van der Waals surface area contributed by atoms with Crippen molar-refractivity contribution in [2.24, 2.45) is 5.10 Å². The zero-order chi connectivity index (χ0) is 12.5. The van der Waals surface area contributed by atoms with Gasteiger partial charge in [-0.1, -0.05) is 13.0 Å². The summed E-state index contributed by atoms with van der Waals surface area (Å²) in [6.45, 7) is 3.54. The first kappa shape index (κ1) is 11.7. The van der Waals surface area contributed by atoms with Crippen LogP contribution in [0.25, 0.3) is 0 Å². The third-order valence-electron chi connectivity index (χ3n) is 2.79. The Labute approximate surface area is 99.8 Å². The SMILES string of the molecule is CCC(=O)N1N=C(C)C[C@@]1(O)c1cccnc1. The highest BCUT2D eigenvalue weighted by molar-refractivity contribution is 5.89. The van der Waals surface area contributed by atoms with Crippen molar-refractivity contribution in [1.82, 2.24) is 9.99 Å². The highest BCUT2D eigenvalue weighted by atomic mass is 16.3. The Morgan fingerprint density at radius 2 is 2.41 bits per heavy atom. The molecule has 1 aromatic rings. The highest BCUT2D eigenvalue weighted by Crippen LogP contribution is 2.35. The third kappa shape index (κ3) is 1.93. The first-order valence-corrected chi connectivity index (χ1v) is 5.58. The van der Waals surface area contributed by atoms with Crippen LogP contribution in [0.3, 0.4) is 0 Å². The molecule has 5 heteroatoms. The lowest BCUT2D eigenvalue weighted by Crippen LogP contribution is -2.43. The minimum absolute atomic E-state index is 0.201. The van der Waals surface area contributed by atoms with E-state index in [2.05, 4.69) is 10.1 Å². The van der Waals surface area contributed by atoms with Gasteiger partial charge in [0, 0.05) is 36.5 Å². The zero-order valence-corrected chi connectivity index (χ0v) is 9.92. The molecule has 90 valence electrons. The molecule has 0 saturated heterocycles. The van der Waals surface area contributed by atoms with E-state index < -0.39 is 5.72 Å². The molecule has 17 heavy (non-hydrogen) atoms. The van der Waals surface area contributed by atoms with Gasteiger partial charge in [0.25, 0.3) is 0 Å². The summed E-state index contributed by atoms with van der Waals surface area (Å²) in [5.41, 5.74) is -0.0635. The van der Waals surface area contributed by atoms with Gasteiger partial charge in [-0.05, 0) is 13.0 Å². The molecule has 2 heterocycles. The second-order valence-electron chi connectivity index (χ2n) is 4.13. The first-order chi connectivity index (χ1) is 8.08. The van der Waals surface area contributed by atoms with Crippen LogP contribution in [0.5, 0.6) is 0 Å². The summed E-state index contributed by atoms with van der Waals surface area (Å²) in [4.78, 5) is 15.8. The molecule has 0 unspecified atom stereocenters. The highest BCUT2D eigenvalue weighted by Gasteiger charge is 2.44. The fraction of sp³-hybridized carbons (Fsp3) is 0.417. The monoisotopic (exact) mass is 233 g/mol. The summed E-state index contributed by atoms with van der Waals surface area (Å²) in [5, 5.41) is 15.9. The molecule has 1 amide bonds. The lowest BCUT2D eigenvalue weighted by atomic mass is 9.99. The Hall–Kier alpha value is -1.75. The summed E-state index contributed by atoms with van der Waals surface area (Å²) in [6.07, 6.45) is 3.81. The van der Waals surface area contributed by atoms with E-state index in [9.17, 15) is 9.90 Å². The van der Waals surface area contributed by atoms with Crippen molar-refractivity contribution in [3.05, 3.63) is 30.1 Å². The Morgan fingerprint density at radius 3 is 3.00 bits per heavy atom. The number of nitrogens with zero attached hydrogens (tertiary/aromatic N) is 3. The molecule has 1 atom stereocenters. The molecule has 2 rings (SSSR count). The van der Waals surface area contributed by atoms with Gasteiger partial charge in [-0.15, -0.1) is 0 Å². The van der Waals surface area contributed by atoms with E-state index >= 15 is 0 Å². The normalized spacial score (nSPS) is 23.7. The van der Waals surface area contributed by atoms with Crippen molar-refractivity contribution in [3.8, 4) is 0 Å². The van der Waals surface area contributed by atoms with Gasteiger partial charge in [0.1, 0.15) is 0 Å². The van der Waals surface area contributed by atoms with Crippen LogP contribution < -0.4 is 0 Å². The van der Waals surface area contributed by atoms with Gasteiger partial charge >= 0.3 is 0 Å². The largest absolute Gasteiger partial charge is 0.365 e. The van der Waals surface area contributed by atoms with Crippen LogP contribution in [-0.4, -0.2) is 26.7 Å². The first-order valence-electron chi connectivity index (χ1n) is 5.58. The van der Waals surface area contributed by atoms with E-state index in [1.54, 1.807) is 38.4 Å². The molecule has 0 saturated carbocycles. The number of aromatic nitrogens is 1. The number of hydrogen-bond acceptors (Lipinski definition) is 4. The molecule has 0 aromatic carbocycles. The average molecular weight is 233 g/mol. The van der Waals surface area contributed by atoms with Gasteiger partial charge in [0.05, 0.1) is 0 Å². The van der Waals surface area contributed by atoms with Crippen molar-refractivity contribution < 1.29 is 9.90 Å². The van der Waals surface area contributed by atoms with Crippen LogP contribution in [0.4, 0.5) is 0 Å².